The fourth-order valence-electron chi connectivity index (χ4n) is 3.61. The fourth-order valence-corrected chi connectivity index (χ4v) is 3.72. The van der Waals surface area contributed by atoms with Crippen molar-refractivity contribution in [2.45, 2.75) is 46.1 Å². The summed E-state index contributed by atoms with van der Waals surface area (Å²) in [5, 5.41) is 2.43. The molecule has 1 fully saturated rings. The van der Waals surface area contributed by atoms with Crippen LogP contribution in [0.25, 0.3) is 16.8 Å². The van der Waals surface area contributed by atoms with E-state index >= 15 is 0 Å². The lowest BCUT2D eigenvalue weighted by Gasteiger charge is -2.23. The molecule has 0 spiro atoms. The molecule has 0 radical (unpaired) electrons. The highest BCUT2D eigenvalue weighted by atomic mass is 35.5. The first-order valence-corrected chi connectivity index (χ1v) is 11.7. The van der Waals surface area contributed by atoms with Crippen LogP contribution in [0.15, 0.2) is 29.9 Å². The number of hydrogen-bond donors (Lipinski definition) is 3. The van der Waals surface area contributed by atoms with Gasteiger partial charge in [0.15, 0.2) is 0 Å². The van der Waals surface area contributed by atoms with Crippen LogP contribution in [0.2, 0.25) is 0 Å². The lowest BCUT2D eigenvalue weighted by atomic mass is 10.0. The number of amides is 2. The van der Waals surface area contributed by atoms with E-state index in [0.717, 1.165) is 35.2 Å². The third-order valence-corrected chi connectivity index (χ3v) is 5.50. The summed E-state index contributed by atoms with van der Waals surface area (Å²) in [5.74, 6) is 1.13. The first-order valence-electron chi connectivity index (χ1n) is 11.3. The zero-order valence-corrected chi connectivity index (χ0v) is 20.9. The monoisotopic (exact) mass is 491 g/mol. The molecule has 2 heterocycles. The van der Waals surface area contributed by atoms with Crippen molar-refractivity contribution in [1.29, 1.82) is 0 Å². The summed E-state index contributed by atoms with van der Waals surface area (Å²) >= 11 is 5.85. The number of rotatable bonds is 7. The third kappa shape index (κ3) is 6.98. The van der Waals surface area contributed by atoms with E-state index in [1.165, 1.54) is 19.1 Å². The molecule has 1 atom stereocenters. The number of likely N-dealkylation sites (tertiary alicyclic amines) is 1. The number of allylic oxidation sites excluding steroid dienone is 1. The molecule has 3 rings (SSSR count). The van der Waals surface area contributed by atoms with Crippen LogP contribution in [0.1, 0.15) is 57.5 Å². The van der Waals surface area contributed by atoms with Crippen LogP contribution >= 0.6 is 11.6 Å². The number of H-pyrrole nitrogens is 1. The van der Waals surface area contributed by atoms with Crippen LogP contribution in [-0.4, -0.2) is 53.8 Å². The molecule has 1 saturated heterocycles. The fraction of sp³-hybridized carbons (Fsp3) is 0.458. The number of imidazole rings is 1. The first-order chi connectivity index (χ1) is 16.4. The van der Waals surface area contributed by atoms with Gasteiger partial charge in [0.1, 0.15) is 24.8 Å². The van der Waals surface area contributed by atoms with Crippen molar-refractivity contribution in [1.82, 2.24) is 20.2 Å². The minimum atomic E-state index is -0.637. The molecule has 1 aromatic heterocycles. The molecule has 0 bridgehead atoms. The lowest BCUT2D eigenvalue weighted by Crippen LogP contribution is -2.40. The average Bonchev–Trinajstić information content (AvgIpc) is 3.52. The number of halogens is 1. The summed E-state index contributed by atoms with van der Waals surface area (Å²) < 4.78 is 10.1. The molecule has 186 valence electrons. The van der Waals surface area contributed by atoms with Crippen molar-refractivity contribution >= 4 is 29.2 Å². The van der Waals surface area contributed by atoms with Crippen LogP contribution in [0, 0.1) is 0 Å². The van der Waals surface area contributed by atoms with Crippen molar-refractivity contribution in [3.8, 4) is 17.0 Å². The second-order valence-corrected chi connectivity index (χ2v) is 8.01. The van der Waals surface area contributed by atoms with Gasteiger partial charge in [-0.3, -0.25) is 10.5 Å². The first kappa shape index (κ1) is 27.2. The molecule has 1 unspecified atom stereocenters. The highest BCUT2D eigenvalue weighted by Crippen LogP contribution is 2.34. The summed E-state index contributed by atoms with van der Waals surface area (Å²) in [6.07, 6.45) is 3.99. The molecular formula is C24H34ClN5O4. The van der Waals surface area contributed by atoms with Crippen molar-refractivity contribution in [3.05, 3.63) is 41.3 Å². The Balaban J connectivity index is 0.00000129. The molecule has 1 aliphatic rings. The summed E-state index contributed by atoms with van der Waals surface area (Å²) in [7, 11) is 1.26. The van der Waals surface area contributed by atoms with E-state index in [4.69, 9.17) is 22.1 Å². The Bertz CT molecular complexity index is 991. The van der Waals surface area contributed by atoms with Gasteiger partial charge in [0, 0.05) is 23.2 Å². The standard InChI is InChI=1S/C21H26ClN5O4.C3H8/c1-13(9-22)15-6-5-14(8-18(15)31-12-23)16-10-24-20(26-16)17-4-3-7-27(17)19(28)11-25-21(29)30-2;1-3-2/h5-6,8-10,17H,3-4,7,11-12,23H2,1-2H3,(H,24,26)(H,25,29);3H2,1-2H3/b13-9-;. The third-order valence-electron chi connectivity index (χ3n) is 5.17. The Labute approximate surface area is 205 Å². The van der Waals surface area contributed by atoms with Gasteiger partial charge in [0.05, 0.1) is 25.0 Å². The molecule has 1 aromatic carbocycles. The van der Waals surface area contributed by atoms with Crippen LogP contribution in [-0.2, 0) is 9.53 Å². The highest BCUT2D eigenvalue weighted by Gasteiger charge is 2.32. The zero-order valence-electron chi connectivity index (χ0n) is 20.2. The largest absolute Gasteiger partial charge is 0.478 e. The number of methoxy groups -OCH3 is 1. The average molecular weight is 492 g/mol. The van der Waals surface area contributed by atoms with Gasteiger partial charge < -0.3 is 24.7 Å². The Morgan fingerprint density at radius 2 is 2.12 bits per heavy atom. The van der Waals surface area contributed by atoms with Crippen molar-refractivity contribution in [2.24, 2.45) is 5.73 Å². The van der Waals surface area contributed by atoms with Gasteiger partial charge in [0.25, 0.3) is 0 Å². The molecule has 2 amide bonds. The highest BCUT2D eigenvalue weighted by molar-refractivity contribution is 6.28. The second-order valence-electron chi connectivity index (χ2n) is 7.79. The van der Waals surface area contributed by atoms with Crippen LogP contribution in [0.3, 0.4) is 0 Å². The minimum Gasteiger partial charge on any atom is -0.478 e. The second kappa shape index (κ2) is 13.6. The maximum absolute atomic E-state index is 12.5. The van der Waals surface area contributed by atoms with Crippen molar-refractivity contribution in [3.63, 3.8) is 0 Å². The molecule has 4 N–H and O–H groups in total. The quantitative estimate of drug-likeness (QED) is 0.493. The van der Waals surface area contributed by atoms with Gasteiger partial charge in [-0.1, -0.05) is 44.0 Å². The molecule has 1 aliphatic heterocycles. The number of carbonyl (C=O) groups is 2. The van der Waals surface area contributed by atoms with E-state index in [0.29, 0.717) is 18.1 Å². The predicted octanol–water partition coefficient (Wildman–Crippen LogP) is 4.41. The molecule has 9 nitrogen and oxygen atoms in total. The molecule has 10 heteroatoms. The summed E-state index contributed by atoms with van der Waals surface area (Å²) in [6.45, 7) is 6.67. The SMILES string of the molecule is CCC.COC(=O)NCC(=O)N1CCCC1c1ncc(-c2ccc(/C(C)=C\Cl)c(OCN)c2)[nH]1. The molecule has 0 aliphatic carbocycles. The molecule has 34 heavy (non-hydrogen) atoms. The Morgan fingerprint density at radius 3 is 2.76 bits per heavy atom. The maximum atomic E-state index is 12.5. The van der Waals surface area contributed by atoms with Crippen LogP contribution in [0.5, 0.6) is 5.75 Å². The predicted molar refractivity (Wildman–Crippen MR) is 133 cm³/mol. The Hall–Kier alpha value is -3.04. The number of alkyl carbamates (subject to hydrolysis) is 1. The summed E-state index contributed by atoms with van der Waals surface area (Å²) in [6, 6.07) is 5.55. The maximum Gasteiger partial charge on any atom is 0.407 e. The number of nitrogens with two attached hydrogens (primary N) is 1. The number of aromatic nitrogens is 2. The number of carbonyl (C=O) groups excluding carboxylic acids is 2. The van der Waals surface area contributed by atoms with E-state index in [1.54, 1.807) is 11.1 Å². The number of hydrogen-bond acceptors (Lipinski definition) is 6. The zero-order chi connectivity index (χ0) is 25.1. The Morgan fingerprint density at radius 1 is 1.38 bits per heavy atom. The van der Waals surface area contributed by atoms with Gasteiger partial charge in [0.2, 0.25) is 5.91 Å². The minimum absolute atomic E-state index is 0.0407. The van der Waals surface area contributed by atoms with Gasteiger partial charge in [-0.25, -0.2) is 9.78 Å². The number of benzene rings is 1. The topological polar surface area (TPSA) is 123 Å². The normalized spacial score (nSPS) is 15.4. The molecule has 2 aromatic rings. The summed E-state index contributed by atoms with van der Waals surface area (Å²) in [4.78, 5) is 33.3. The smallest absolute Gasteiger partial charge is 0.407 e. The van der Waals surface area contributed by atoms with Gasteiger partial charge in [-0.2, -0.15) is 0 Å². The van der Waals surface area contributed by atoms with Gasteiger partial charge in [-0.15, -0.1) is 0 Å². The van der Waals surface area contributed by atoms with Gasteiger partial charge >= 0.3 is 6.09 Å². The number of nitrogens with zero attached hydrogens (tertiary/aromatic N) is 2. The number of ether oxygens (including phenoxy) is 2. The van der Waals surface area contributed by atoms with Gasteiger partial charge in [-0.05, 0) is 31.4 Å². The van der Waals surface area contributed by atoms with E-state index in [2.05, 4.69) is 33.9 Å². The summed E-state index contributed by atoms with van der Waals surface area (Å²) in [5.41, 5.74) is 10.5. The van der Waals surface area contributed by atoms with Crippen LogP contribution < -0.4 is 15.8 Å². The van der Waals surface area contributed by atoms with E-state index in [1.807, 2.05) is 25.1 Å². The van der Waals surface area contributed by atoms with Crippen LogP contribution in [0.4, 0.5) is 4.79 Å². The van der Waals surface area contributed by atoms with Crippen molar-refractivity contribution in [2.75, 3.05) is 26.9 Å². The lowest BCUT2D eigenvalue weighted by molar-refractivity contribution is -0.131. The Kier molecular flexibility index (Phi) is 10.9. The number of aromatic amines is 1. The van der Waals surface area contributed by atoms with E-state index < -0.39 is 6.09 Å². The number of nitrogens with one attached hydrogen (secondary N) is 2. The van der Waals surface area contributed by atoms with E-state index in [-0.39, 0.29) is 25.2 Å². The molecular weight excluding hydrogens is 458 g/mol. The van der Waals surface area contributed by atoms with Crippen molar-refractivity contribution < 1.29 is 19.1 Å². The molecule has 0 saturated carbocycles. The van der Waals surface area contributed by atoms with E-state index in [9.17, 15) is 9.59 Å².